The highest BCUT2D eigenvalue weighted by Gasteiger charge is 2.12. The molecule has 0 fully saturated rings. The number of esters is 1. The Morgan fingerprint density at radius 2 is 1.78 bits per heavy atom. The van der Waals surface area contributed by atoms with Gasteiger partial charge in [-0.2, -0.15) is 0 Å². The lowest BCUT2D eigenvalue weighted by Crippen LogP contribution is -2.42. The molecule has 27 heavy (non-hydrogen) atoms. The highest BCUT2D eigenvalue weighted by Crippen LogP contribution is 2.16. The first-order valence-corrected chi connectivity index (χ1v) is 9.26. The molecular formula is C20H18N2O4S. The van der Waals surface area contributed by atoms with Crippen LogP contribution >= 0.6 is 11.3 Å². The number of ether oxygens (including phenoxy) is 1. The Labute approximate surface area is 160 Å². The summed E-state index contributed by atoms with van der Waals surface area (Å²) in [6.45, 7) is -0.111. The Kier molecular flexibility index (Phi) is 6.17. The average molecular weight is 382 g/mol. The molecule has 7 heteroatoms. The third kappa shape index (κ3) is 5.39. The summed E-state index contributed by atoms with van der Waals surface area (Å²) >= 11 is 1.60. The van der Waals surface area contributed by atoms with Crippen molar-refractivity contribution in [1.82, 2.24) is 10.6 Å². The fraction of sp³-hybridized carbons (Fsp3) is 0.150. The molecule has 0 bridgehead atoms. The van der Waals surface area contributed by atoms with E-state index in [0.29, 0.717) is 18.5 Å². The summed E-state index contributed by atoms with van der Waals surface area (Å²) in [6, 6.07) is 16.1. The quantitative estimate of drug-likeness (QED) is 0.642. The molecule has 1 aromatic heterocycles. The van der Waals surface area contributed by atoms with Gasteiger partial charge in [-0.05, 0) is 40.8 Å². The number of carbonyl (C=O) groups is 3. The molecule has 6 nitrogen and oxygen atoms in total. The first-order chi connectivity index (χ1) is 13.1. The summed E-state index contributed by atoms with van der Waals surface area (Å²) in [5.41, 5.74) is 0.349. The maximum atomic E-state index is 12.1. The van der Waals surface area contributed by atoms with Crippen molar-refractivity contribution in [3.63, 3.8) is 0 Å². The Balaban J connectivity index is 1.42. The van der Waals surface area contributed by atoms with Gasteiger partial charge in [0.15, 0.2) is 6.61 Å². The molecule has 0 saturated heterocycles. The van der Waals surface area contributed by atoms with Crippen molar-refractivity contribution in [2.24, 2.45) is 0 Å². The van der Waals surface area contributed by atoms with Crippen molar-refractivity contribution >= 4 is 40.0 Å². The lowest BCUT2D eigenvalue weighted by Gasteiger charge is -2.07. The van der Waals surface area contributed by atoms with Gasteiger partial charge in [0.2, 0.25) is 0 Å². The minimum Gasteiger partial charge on any atom is -0.452 e. The molecule has 2 N–H and O–H groups in total. The van der Waals surface area contributed by atoms with Gasteiger partial charge in [-0.25, -0.2) is 9.59 Å². The van der Waals surface area contributed by atoms with Crippen molar-refractivity contribution in [2.45, 2.75) is 6.42 Å². The van der Waals surface area contributed by atoms with Gasteiger partial charge in [0.1, 0.15) is 0 Å². The van der Waals surface area contributed by atoms with Crippen LogP contribution in [0.4, 0.5) is 4.79 Å². The summed E-state index contributed by atoms with van der Waals surface area (Å²) in [7, 11) is 0. The number of amides is 3. The Hall–Kier alpha value is -3.19. The van der Waals surface area contributed by atoms with Crippen LogP contribution in [-0.2, 0) is 16.0 Å². The summed E-state index contributed by atoms with van der Waals surface area (Å²) in [6.07, 6.45) is 0.691. The summed E-state index contributed by atoms with van der Waals surface area (Å²) in [5.74, 6) is -1.30. The van der Waals surface area contributed by atoms with E-state index < -0.39 is 24.5 Å². The van der Waals surface area contributed by atoms with Crippen LogP contribution < -0.4 is 10.6 Å². The van der Waals surface area contributed by atoms with E-state index in [1.54, 1.807) is 23.5 Å². The van der Waals surface area contributed by atoms with Gasteiger partial charge >= 0.3 is 12.0 Å². The van der Waals surface area contributed by atoms with E-state index in [9.17, 15) is 14.4 Å². The fourth-order valence-corrected chi connectivity index (χ4v) is 3.20. The monoisotopic (exact) mass is 382 g/mol. The minimum atomic E-state index is -0.683. The van der Waals surface area contributed by atoms with Crippen LogP contribution in [0.5, 0.6) is 0 Å². The molecule has 0 spiro atoms. The number of nitrogens with one attached hydrogen (secondary N) is 2. The highest BCUT2D eigenvalue weighted by atomic mass is 32.1. The zero-order valence-electron chi connectivity index (χ0n) is 14.4. The lowest BCUT2D eigenvalue weighted by atomic mass is 10.1. The second-order valence-electron chi connectivity index (χ2n) is 5.77. The SMILES string of the molecule is O=C(COC(=O)c1ccc2ccccc2c1)NC(=O)NCCc1cccs1. The van der Waals surface area contributed by atoms with Gasteiger partial charge in [0, 0.05) is 11.4 Å². The number of imide groups is 1. The Morgan fingerprint density at radius 3 is 2.56 bits per heavy atom. The normalized spacial score (nSPS) is 10.4. The average Bonchev–Trinajstić information content (AvgIpc) is 3.19. The number of thiophene rings is 1. The Bertz CT molecular complexity index is 954. The summed E-state index contributed by atoms with van der Waals surface area (Å²) < 4.78 is 4.97. The molecule has 0 unspecified atom stereocenters. The zero-order chi connectivity index (χ0) is 19.1. The van der Waals surface area contributed by atoms with Crippen LogP contribution in [0.1, 0.15) is 15.2 Å². The van der Waals surface area contributed by atoms with Crippen LogP contribution in [0.3, 0.4) is 0 Å². The predicted molar refractivity (Wildman–Crippen MR) is 104 cm³/mol. The Morgan fingerprint density at radius 1 is 0.963 bits per heavy atom. The molecule has 0 aliphatic rings. The molecular weight excluding hydrogens is 364 g/mol. The van der Waals surface area contributed by atoms with Gasteiger partial charge in [-0.15, -0.1) is 11.3 Å². The zero-order valence-corrected chi connectivity index (χ0v) is 15.3. The van der Waals surface area contributed by atoms with Gasteiger partial charge in [0.05, 0.1) is 5.56 Å². The molecule has 0 saturated carbocycles. The minimum absolute atomic E-state index is 0.349. The number of hydrogen-bond donors (Lipinski definition) is 2. The third-order valence-electron chi connectivity index (χ3n) is 3.81. The molecule has 138 valence electrons. The molecule has 3 amide bonds. The summed E-state index contributed by atoms with van der Waals surface area (Å²) in [5, 5.41) is 8.59. The van der Waals surface area contributed by atoms with Crippen molar-refractivity contribution in [3.05, 3.63) is 70.4 Å². The molecule has 2 aromatic carbocycles. The van der Waals surface area contributed by atoms with Gasteiger partial charge in [0.25, 0.3) is 5.91 Å². The number of urea groups is 1. The van der Waals surface area contributed by atoms with Gasteiger partial charge < -0.3 is 10.1 Å². The second-order valence-corrected chi connectivity index (χ2v) is 6.80. The van der Waals surface area contributed by atoms with Crippen molar-refractivity contribution in [3.8, 4) is 0 Å². The van der Waals surface area contributed by atoms with Crippen molar-refractivity contribution < 1.29 is 19.1 Å². The number of rotatable bonds is 6. The van der Waals surface area contributed by atoms with E-state index in [1.165, 1.54) is 0 Å². The van der Waals surface area contributed by atoms with Gasteiger partial charge in [-0.3, -0.25) is 10.1 Å². The number of benzene rings is 2. The molecule has 3 rings (SSSR count). The smallest absolute Gasteiger partial charge is 0.338 e. The molecule has 0 radical (unpaired) electrons. The summed E-state index contributed by atoms with van der Waals surface area (Å²) in [4.78, 5) is 36.6. The highest BCUT2D eigenvalue weighted by molar-refractivity contribution is 7.09. The van der Waals surface area contributed by atoms with Crippen LogP contribution in [0.2, 0.25) is 0 Å². The first-order valence-electron chi connectivity index (χ1n) is 8.38. The van der Waals surface area contributed by atoms with E-state index in [1.807, 2.05) is 47.8 Å². The largest absolute Gasteiger partial charge is 0.452 e. The standard InChI is InChI=1S/C20H18N2O4S/c23-18(22-20(25)21-10-9-17-6-3-11-27-17)13-26-19(24)16-8-7-14-4-1-2-5-15(14)12-16/h1-8,11-12H,9-10,13H2,(H2,21,22,23,25). The van der Waals surface area contributed by atoms with E-state index in [2.05, 4.69) is 10.6 Å². The lowest BCUT2D eigenvalue weighted by molar-refractivity contribution is -0.123. The number of fused-ring (bicyclic) bond motifs is 1. The number of carbonyl (C=O) groups excluding carboxylic acids is 3. The molecule has 0 atom stereocenters. The fourth-order valence-electron chi connectivity index (χ4n) is 2.49. The van der Waals surface area contributed by atoms with Crippen LogP contribution in [0.15, 0.2) is 60.0 Å². The maximum absolute atomic E-state index is 12.1. The second kappa shape index (κ2) is 8.95. The first kappa shape index (κ1) is 18.6. The maximum Gasteiger partial charge on any atom is 0.338 e. The van der Waals surface area contributed by atoms with E-state index in [0.717, 1.165) is 15.6 Å². The third-order valence-corrected chi connectivity index (χ3v) is 4.75. The van der Waals surface area contributed by atoms with E-state index in [4.69, 9.17) is 4.74 Å². The van der Waals surface area contributed by atoms with Crippen LogP contribution in [-0.4, -0.2) is 31.1 Å². The molecule has 3 aromatic rings. The molecule has 1 heterocycles. The molecule has 0 aliphatic heterocycles. The topological polar surface area (TPSA) is 84.5 Å². The van der Waals surface area contributed by atoms with Crippen molar-refractivity contribution in [2.75, 3.05) is 13.2 Å². The van der Waals surface area contributed by atoms with E-state index >= 15 is 0 Å². The predicted octanol–water partition coefficient (Wildman–Crippen LogP) is 3.13. The van der Waals surface area contributed by atoms with Crippen LogP contribution in [0.25, 0.3) is 10.8 Å². The van der Waals surface area contributed by atoms with Crippen LogP contribution in [0, 0.1) is 0 Å². The number of hydrogen-bond acceptors (Lipinski definition) is 5. The molecule has 0 aliphatic carbocycles. The van der Waals surface area contributed by atoms with Crippen molar-refractivity contribution in [1.29, 1.82) is 0 Å². The van der Waals surface area contributed by atoms with Gasteiger partial charge in [-0.1, -0.05) is 36.4 Å². The van der Waals surface area contributed by atoms with E-state index in [-0.39, 0.29) is 0 Å².